The summed E-state index contributed by atoms with van der Waals surface area (Å²) in [5.41, 5.74) is 2.16. The minimum atomic E-state index is 0.0212. The van der Waals surface area contributed by atoms with Crippen LogP contribution in [0.3, 0.4) is 0 Å². The summed E-state index contributed by atoms with van der Waals surface area (Å²) in [6.45, 7) is 2.65. The zero-order valence-electron chi connectivity index (χ0n) is 18.1. The Kier molecular flexibility index (Phi) is 6.62. The average molecular weight is 420 g/mol. The van der Waals surface area contributed by atoms with E-state index in [0.29, 0.717) is 18.4 Å². The minimum absolute atomic E-state index is 0.0212. The molecule has 0 unspecified atom stereocenters. The Morgan fingerprint density at radius 2 is 1.81 bits per heavy atom. The van der Waals surface area contributed by atoms with E-state index in [1.54, 1.807) is 6.20 Å². The van der Waals surface area contributed by atoms with Crippen LogP contribution >= 0.6 is 0 Å². The van der Waals surface area contributed by atoms with Gasteiger partial charge in [0.25, 0.3) is 0 Å². The lowest BCUT2D eigenvalue weighted by Crippen LogP contribution is -2.40. The van der Waals surface area contributed by atoms with Crippen molar-refractivity contribution in [2.75, 3.05) is 44.1 Å². The van der Waals surface area contributed by atoms with E-state index in [9.17, 15) is 0 Å². The van der Waals surface area contributed by atoms with Crippen LogP contribution in [0.1, 0.15) is 24.1 Å². The molecule has 0 saturated carbocycles. The van der Waals surface area contributed by atoms with Gasteiger partial charge in [0.2, 0.25) is 11.8 Å². The van der Waals surface area contributed by atoms with Gasteiger partial charge in [-0.05, 0) is 24.5 Å². The van der Waals surface area contributed by atoms with Crippen LogP contribution in [0.4, 0.5) is 11.8 Å². The lowest BCUT2D eigenvalue weighted by molar-refractivity contribution is 0.0543. The molecule has 0 radical (unpaired) electrons. The number of hydrogen-bond donors (Lipinski definition) is 1. The summed E-state index contributed by atoms with van der Waals surface area (Å²) < 4.78 is 11.5. The Hall–Kier alpha value is -3.19. The molecule has 1 saturated heterocycles. The first-order valence-electron chi connectivity index (χ1n) is 10.6. The predicted octanol–water partition coefficient (Wildman–Crippen LogP) is 3.68. The maximum Gasteiger partial charge on any atom is 0.227 e. The Morgan fingerprint density at radius 1 is 1.03 bits per heavy atom. The normalized spacial score (nSPS) is 15.3. The van der Waals surface area contributed by atoms with Crippen LogP contribution in [0.5, 0.6) is 5.88 Å². The van der Waals surface area contributed by atoms with E-state index in [1.165, 1.54) is 5.56 Å². The highest BCUT2D eigenvalue weighted by Gasteiger charge is 2.34. The SMILES string of the molecule is CN(C)c1nc(COc2ccccn2)cc(NCC2(c3ccccc3)CCOCC2)n1. The van der Waals surface area contributed by atoms with Crippen molar-refractivity contribution in [2.45, 2.75) is 24.9 Å². The molecule has 0 amide bonds. The Labute approximate surface area is 183 Å². The molecule has 3 aromatic rings. The third-order valence-corrected chi connectivity index (χ3v) is 5.62. The first kappa shape index (κ1) is 21.1. The zero-order chi connectivity index (χ0) is 21.5. The smallest absolute Gasteiger partial charge is 0.227 e. The third-order valence-electron chi connectivity index (χ3n) is 5.62. The lowest BCUT2D eigenvalue weighted by Gasteiger charge is -2.38. The van der Waals surface area contributed by atoms with E-state index in [2.05, 4.69) is 45.6 Å². The number of pyridine rings is 1. The fourth-order valence-electron chi connectivity index (χ4n) is 3.81. The van der Waals surface area contributed by atoms with Crippen LogP contribution < -0.4 is 15.0 Å². The first-order chi connectivity index (χ1) is 15.1. The van der Waals surface area contributed by atoms with Crippen molar-refractivity contribution in [1.82, 2.24) is 15.0 Å². The second kappa shape index (κ2) is 9.75. The maximum atomic E-state index is 5.80. The van der Waals surface area contributed by atoms with Crippen molar-refractivity contribution in [3.8, 4) is 5.88 Å². The predicted molar refractivity (Wildman–Crippen MR) is 122 cm³/mol. The van der Waals surface area contributed by atoms with E-state index < -0.39 is 0 Å². The van der Waals surface area contributed by atoms with Gasteiger partial charge < -0.3 is 19.7 Å². The van der Waals surface area contributed by atoms with Crippen LogP contribution in [0.15, 0.2) is 60.8 Å². The Morgan fingerprint density at radius 3 is 2.52 bits per heavy atom. The fraction of sp³-hybridized carbons (Fsp3) is 0.375. The quantitative estimate of drug-likeness (QED) is 0.597. The number of rotatable bonds is 8. The molecule has 7 nitrogen and oxygen atoms in total. The molecule has 0 aliphatic carbocycles. The number of aromatic nitrogens is 3. The van der Waals surface area contributed by atoms with Crippen LogP contribution in [0.25, 0.3) is 0 Å². The van der Waals surface area contributed by atoms with Gasteiger partial charge in [0, 0.05) is 57.6 Å². The van der Waals surface area contributed by atoms with Crippen molar-refractivity contribution in [1.29, 1.82) is 0 Å². The summed E-state index contributed by atoms with van der Waals surface area (Å²) in [7, 11) is 3.87. The summed E-state index contributed by atoms with van der Waals surface area (Å²) in [6.07, 6.45) is 3.67. The monoisotopic (exact) mass is 419 g/mol. The highest BCUT2D eigenvalue weighted by molar-refractivity contribution is 5.44. The lowest BCUT2D eigenvalue weighted by atomic mass is 9.74. The van der Waals surface area contributed by atoms with Crippen LogP contribution in [-0.2, 0) is 16.8 Å². The van der Waals surface area contributed by atoms with Gasteiger partial charge in [-0.15, -0.1) is 0 Å². The summed E-state index contributed by atoms with van der Waals surface area (Å²) in [4.78, 5) is 15.4. The largest absolute Gasteiger partial charge is 0.471 e. The Balaban J connectivity index is 1.53. The molecule has 2 aromatic heterocycles. The molecule has 0 bridgehead atoms. The van der Waals surface area contributed by atoms with Crippen molar-refractivity contribution < 1.29 is 9.47 Å². The standard InChI is InChI=1S/C24H29N5O2/c1-29(2)23-27-20(17-31-22-10-6-7-13-25-22)16-21(28-23)26-18-24(11-14-30-15-12-24)19-8-4-3-5-9-19/h3-10,13,16H,11-12,14-15,17-18H2,1-2H3,(H,26,27,28). The van der Waals surface area contributed by atoms with Crippen LogP contribution in [-0.4, -0.2) is 48.8 Å². The van der Waals surface area contributed by atoms with E-state index in [-0.39, 0.29) is 5.41 Å². The highest BCUT2D eigenvalue weighted by Crippen LogP contribution is 2.35. The second-order valence-electron chi connectivity index (χ2n) is 8.01. The van der Waals surface area contributed by atoms with Gasteiger partial charge >= 0.3 is 0 Å². The molecule has 7 heteroatoms. The second-order valence-corrected chi connectivity index (χ2v) is 8.01. The van der Waals surface area contributed by atoms with Gasteiger partial charge in [0.15, 0.2) is 0 Å². The third kappa shape index (κ3) is 5.30. The number of nitrogens with one attached hydrogen (secondary N) is 1. The van der Waals surface area contributed by atoms with Crippen LogP contribution in [0.2, 0.25) is 0 Å². The van der Waals surface area contributed by atoms with Gasteiger partial charge in [-0.1, -0.05) is 36.4 Å². The van der Waals surface area contributed by atoms with Crippen molar-refractivity contribution in [2.24, 2.45) is 0 Å². The molecule has 1 fully saturated rings. The summed E-state index contributed by atoms with van der Waals surface area (Å²) in [6, 6.07) is 18.2. The number of ether oxygens (including phenoxy) is 2. The summed E-state index contributed by atoms with van der Waals surface area (Å²) in [5.74, 6) is 2.01. The van der Waals surface area contributed by atoms with Crippen LogP contribution in [0, 0.1) is 0 Å². The van der Waals surface area contributed by atoms with Crippen molar-refractivity contribution in [3.05, 3.63) is 72.1 Å². The van der Waals surface area contributed by atoms with Gasteiger partial charge in [-0.2, -0.15) is 4.98 Å². The molecule has 4 rings (SSSR count). The van der Waals surface area contributed by atoms with E-state index in [4.69, 9.17) is 14.5 Å². The summed E-state index contributed by atoms with van der Waals surface area (Å²) >= 11 is 0. The molecule has 31 heavy (non-hydrogen) atoms. The zero-order valence-corrected chi connectivity index (χ0v) is 18.1. The maximum absolute atomic E-state index is 5.80. The molecule has 1 aliphatic rings. The van der Waals surface area contributed by atoms with E-state index in [1.807, 2.05) is 43.3 Å². The number of hydrogen-bond acceptors (Lipinski definition) is 7. The summed E-state index contributed by atoms with van der Waals surface area (Å²) in [5, 5.41) is 3.58. The molecule has 1 aromatic carbocycles. The fourth-order valence-corrected chi connectivity index (χ4v) is 3.81. The molecule has 162 valence electrons. The molecule has 3 heterocycles. The number of anilines is 2. The molecule has 0 atom stereocenters. The minimum Gasteiger partial charge on any atom is -0.471 e. The average Bonchev–Trinajstić information content (AvgIpc) is 2.83. The molecule has 1 aliphatic heterocycles. The van der Waals surface area contributed by atoms with Crippen molar-refractivity contribution >= 4 is 11.8 Å². The van der Waals surface area contributed by atoms with Gasteiger partial charge in [-0.3, -0.25) is 0 Å². The molecular weight excluding hydrogens is 390 g/mol. The molecule has 0 spiro atoms. The van der Waals surface area contributed by atoms with Gasteiger partial charge in [0.1, 0.15) is 12.4 Å². The van der Waals surface area contributed by atoms with E-state index in [0.717, 1.165) is 44.1 Å². The van der Waals surface area contributed by atoms with E-state index >= 15 is 0 Å². The van der Waals surface area contributed by atoms with Gasteiger partial charge in [-0.25, -0.2) is 9.97 Å². The van der Waals surface area contributed by atoms with Gasteiger partial charge in [0.05, 0.1) is 5.69 Å². The number of benzene rings is 1. The molecule has 1 N–H and O–H groups in total. The molecular formula is C24H29N5O2. The number of nitrogens with zero attached hydrogens (tertiary/aromatic N) is 4. The topological polar surface area (TPSA) is 72.4 Å². The Bertz CT molecular complexity index is 960. The highest BCUT2D eigenvalue weighted by atomic mass is 16.5. The van der Waals surface area contributed by atoms with Crippen molar-refractivity contribution in [3.63, 3.8) is 0 Å². The first-order valence-corrected chi connectivity index (χ1v) is 10.6.